The first-order valence-electron chi connectivity index (χ1n) is 3.96. The number of rotatable bonds is 2. The predicted octanol–water partition coefficient (Wildman–Crippen LogP) is 0.709. The Balaban J connectivity index is 2.87. The van der Waals surface area contributed by atoms with E-state index in [1.807, 2.05) is 0 Å². The van der Waals surface area contributed by atoms with E-state index in [2.05, 4.69) is 6.58 Å². The van der Waals surface area contributed by atoms with E-state index in [-0.39, 0.29) is 11.5 Å². The van der Waals surface area contributed by atoms with Crippen molar-refractivity contribution in [2.45, 2.75) is 24.5 Å². The van der Waals surface area contributed by atoms with E-state index >= 15 is 0 Å². The molecular formula is C8H12O3S. The Kier molecular flexibility index (Phi) is 2.67. The molecular weight excluding hydrogens is 176 g/mol. The molecule has 0 spiro atoms. The molecule has 0 saturated carbocycles. The molecule has 0 amide bonds. The van der Waals surface area contributed by atoms with Crippen molar-refractivity contribution in [1.29, 1.82) is 0 Å². The summed E-state index contributed by atoms with van der Waals surface area (Å²) in [6.07, 6.45) is 3.08. The Bertz CT molecular complexity index is 289. The molecule has 0 N–H and O–H groups in total. The fraction of sp³-hybridized carbons (Fsp3) is 0.625. The maximum atomic E-state index is 11.3. The van der Waals surface area contributed by atoms with Crippen LogP contribution in [0.5, 0.6) is 0 Å². The molecule has 0 aromatic carbocycles. The molecule has 1 rings (SSSR count). The quantitative estimate of drug-likeness (QED) is 0.600. The van der Waals surface area contributed by atoms with Gasteiger partial charge >= 0.3 is 0 Å². The number of carbonyl (C=O) groups excluding carboxylic acids is 1. The third kappa shape index (κ3) is 1.75. The van der Waals surface area contributed by atoms with E-state index in [0.29, 0.717) is 12.8 Å². The van der Waals surface area contributed by atoms with Crippen molar-refractivity contribution in [3.05, 3.63) is 12.7 Å². The molecule has 1 fully saturated rings. The maximum absolute atomic E-state index is 11.3. The second-order valence-corrected chi connectivity index (χ2v) is 5.26. The van der Waals surface area contributed by atoms with E-state index in [4.69, 9.17) is 0 Å². The molecule has 0 radical (unpaired) electrons. The van der Waals surface area contributed by atoms with Crippen LogP contribution in [-0.2, 0) is 14.6 Å². The molecule has 1 heterocycles. The highest BCUT2D eigenvalue weighted by molar-refractivity contribution is 7.92. The topological polar surface area (TPSA) is 51.2 Å². The highest BCUT2D eigenvalue weighted by atomic mass is 32.2. The van der Waals surface area contributed by atoms with Gasteiger partial charge in [-0.05, 0) is 18.9 Å². The summed E-state index contributed by atoms with van der Waals surface area (Å²) in [6.45, 7) is 3.29. The third-order valence-electron chi connectivity index (χ3n) is 2.10. The Morgan fingerprint density at radius 1 is 1.42 bits per heavy atom. The minimum atomic E-state index is -3.16. The van der Waals surface area contributed by atoms with Gasteiger partial charge in [0.05, 0.1) is 5.75 Å². The van der Waals surface area contributed by atoms with Crippen molar-refractivity contribution < 1.29 is 13.2 Å². The summed E-state index contributed by atoms with van der Waals surface area (Å²) < 4.78 is 22.6. The standard InChI is InChI=1S/C8H12O3S/c1-2-7(9)8-5-3-4-6-12(8,10)11/h2,8H,1,3-6H2. The molecule has 1 saturated heterocycles. The zero-order valence-electron chi connectivity index (χ0n) is 6.82. The smallest absolute Gasteiger partial charge is 0.173 e. The van der Waals surface area contributed by atoms with Gasteiger partial charge in [-0.3, -0.25) is 4.79 Å². The fourth-order valence-corrected chi connectivity index (χ4v) is 3.27. The van der Waals surface area contributed by atoms with Crippen molar-refractivity contribution in [2.24, 2.45) is 0 Å². The van der Waals surface area contributed by atoms with Gasteiger partial charge in [0.1, 0.15) is 5.25 Å². The number of carbonyl (C=O) groups is 1. The minimum absolute atomic E-state index is 0.150. The van der Waals surface area contributed by atoms with E-state index < -0.39 is 15.1 Å². The Hall–Kier alpha value is -0.640. The van der Waals surface area contributed by atoms with Crippen molar-refractivity contribution in [1.82, 2.24) is 0 Å². The highest BCUT2D eigenvalue weighted by Gasteiger charge is 2.32. The lowest BCUT2D eigenvalue weighted by Gasteiger charge is -2.19. The van der Waals surface area contributed by atoms with Gasteiger partial charge in [0.2, 0.25) is 0 Å². The Labute approximate surface area is 72.4 Å². The fourth-order valence-electron chi connectivity index (χ4n) is 1.41. The van der Waals surface area contributed by atoms with Crippen LogP contribution >= 0.6 is 0 Å². The van der Waals surface area contributed by atoms with Gasteiger partial charge in [-0.15, -0.1) is 0 Å². The maximum Gasteiger partial charge on any atom is 0.173 e. The number of sulfone groups is 1. The van der Waals surface area contributed by atoms with E-state index in [1.165, 1.54) is 0 Å². The molecule has 0 bridgehead atoms. The van der Waals surface area contributed by atoms with E-state index in [1.54, 1.807) is 0 Å². The van der Waals surface area contributed by atoms with Gasteiger partial charge in [0, 0.05) is 0 Å². The lowest BCUT2D eigenvalue weighted by molar-refractivity contribution is -0.114. The first-order valence-corrected chi connectivity index (χ1v) is 5.67. The highest BCUT2D eigenvalue weighted by Crippen LogP contribution is 2.20. The van der Waals surface area contributed by atoms with Gasteiger partial charge in [-0.2, -0.15) is 0 Å². The van der Waals surface area contributed by atoms with Gasteiger partial charge in [-0.25, -0.2) is 8.42 Å². The van der Waals surface area contributed by atoms with Crippen LogP contribution in [0.1, 0.15) is 19.3 Å². The molecule has 0 aliphatic carbocycles. The molecule has 4 heteroatoms. The van der Waals surface area contributed by atoms with Gasteiger partial charge in [0.15, 0.2) is 15.6 Å². The second-order valence-electron chi connectivity index (χ2n) is 2.96. The third-order valence-corrected chi connectivity index (χ3v) is 4.29. The normalized spacial score (nSPS) is 27.8. The largest absolute Gasteiger partial charge is 0.293 e. The molecule has 1 unspecified atom stereocenters. The van der Waals surface area contributed by atoms with Crippen LogP contribution in [0, 0.1) is 0 Å². The number of allylic oxidation sites excluding steroid dienone is 1. The average Bonchev–Trinajstić information content (AvgIpc) is 2.02. The molecule has 1 aliphatic rings. The Morgan fingerprint density at radius 2 is 2.08 bits per heavy atom. The van der Waals surface area contributed by atoms with Crippen molar-refractivity contribution >= 4 is 15.6 Å². The lowest BCUT2D eigenvalue weighted by atomic mass is 10.1. The summed E-state index contributed by atoms with van der Waals surface area (Å²) in [7, 11) is -3.16. The summed E-state index contributed by atoms with van der Waals surface area (Å²) in [5, 5.41) is -0.802. The SMILES string of the molecule is C=CC(=O)C1CCCCS1(=O)=O. The van der Waals surface area contributed by atoms with Crippen LogP contribution in [0.2, 0.25) is 0 Å². The van der Waals surface area contributed by atoms with Crippen molar-refractivity contribution in [3.8, 4) is 0 Å². The molecule has 1 atom stereocenters. The zero-order chi connectivity index (χ0) is 9.19. The summed E-state index contributed by atoms with van der Waals surface area (Å²) >= 11 is 0. The van der Waals surface area contributed by atoms with Gasteiger partial charge < -0.3 is 0 Å². The summed E-state index contributed by atoms with van der Waals surface area (Å²) in [5.41, 5.74) is 0. The Morgan fingerprint density at radius 3 is 2.58 bits per heavy atom. The number of hydrogen-bond donors (Lipinski definition) is 0. The van der Waals surface area contributed by atoms with Gasteiger partial charge in [0.25, 0.3) is 0 Å². The molecule has 12 heavy (non-hydrogen) atoms. The average molecular weight is 188 g/mol. The van der Waals surface area contributed by atoms with E-state index in [0.717, 1.165) is 12.5 Å². The van der Waals surface area contributed by atoms with Crippen LogP contribution in [0.25, 0.3) is 0 Å². The van der Waals surface area contributed by atoms with Crippen LogP contribution < -0.4 is 0 Å². The molecule has 68 valence electrons. The lowest BCUT2D eigenvalue weighted by Crippen LogP contribution is -2.34. The summed E-state index contributed by atoms with van der Waals surface area (Å²) in [5.74, 6) is -0.202. The first kappa shape index (κ1) is 9.45. The monoisotopic (exact) mass is 188 g/mol. The van der Waals surface area contributed by atoms with Crippen molar-refractivity contribution in [2.75, 3.05) is 5.75 Å². The number of hydrogen-bond acceptors (Lipinski definition) is 3. The molecule has 3 nitrogen and oxygen atoms in total. The number of ketones is 1. The molecule has 0 aromatic heterocycles. The van der Waals surface area contributed by atoms with Gasteiger partial charge in [-0.1, -0.05) is 13.0 Å². The summed E-state index contributed by atoms with van der Waals surface area (Å²) in [4.78, 5) is 11.1. The zero-order valence-corrected chi connectivity index (χ0v) is 7.64. The van der Waals surface area contributed by atoms with Crippen LogP contribution in [0.3, 0.4) is 0 Å². The minimum Gasteiger partial charge on any atom is -0.293 e. The van der Waals surface area contributed by atoms with Crippen LogP contribution in [0.4, 0.5) is 0 Å². The van der Waals surface area contributed by atoms with Crippen LogP contribution in [-0.4, -0.2) is 25.2 Å². The first-order chi connectivity index (χ1) is 5.58. The predicted molar refractivity (Wildman–Crippen MR) is 46.6 cm³/mol. The van der Waals surface area contributed by atoms with Crippen LogP contribution in [0.15, 0.2) is 12.7 Å². The second kappa shape index (κ2) is 3.39. The summed E-state index contributed by atoms with van der Waals surface area (Å²) in [6, 6.07) is 0. The molecule has 0 aromatic rings. The molecule has 1 aliphatic heterocycles. The van der Waals surface area contributed by atoms with E-state index in [9.17, 15) is 13.2 Å². The van der Waals surface area contributed by atoms with Crippen molar-refractivity contribution in [3.63, 3.8) is 0 Å².